The lowest BCUT2D eigenvalue weighted by molar-refractivity contribution is 0.130. The van der Waals surface area contributed by atoms with Gasteiger partial charge in [0.15, 0.2) is 0 Å². The van der Waals surface area contributed by atoms with Gasteiger partial charge in [0.2, 0.25) is 0 Å². The fraction of sp³-hybridized carbons (Fsp3) is 1.00. The number of likely N-dealkylation sites (tertiary alicyclic amines) is 1. The van der Waals surface area contributed by atoms with Gasteiger partial charge in [-0.05, 0) is 56.5 Å². The average Bonchev–Trinajstić information content (AvgIpc) is 2.29. The van der Waals surface area contributed by atoms with Crippen molar-refractivity contribution in [2.45, 2.75) is 45.4 Å². The van der Waals surface area contributed by atoms with Crippen LogP contribution in [0.5, 0.6) is 0 Å². The molecule has 102 valence electrons. The number of hydrogen-bond acceptors (Lipinski definition) is 2. The van der Waals surface area contributed by atoms with Gasteiger partial charge >= 0.3 is 0 Å². The molecular formula is C14H29ClN2. The molecule has 3 atom stereocenters. The van der Waals surface area contributed by atoms with Crippen LogP contribution in [0, 0.1) is 17.8 Å². The summed E-state index contributed by atoms with van der Waals surface area (Å²) in [4.78, 5) is 2.68. The first-order valence-corrected chi connectivity index (χ1v) is 7.20. The molecule has 0 radical (unpaired) electrons. The number of hydrogen-bond donors (Lipinski definition) is 1. The highest BCUT2D eigenvalue weighted by Gasteiger charge is 2.24. The molecule has 3 heteroatoms. The van der Waals surface area contributed by atoms with Crippen LogP contribution in [0.15, 0.2) is 0 Å². The van der Waals surface area contributed by atoms with Gasteiger partial charge in [0.05, 0.1) is 0 Å². The molecule has 1 saturated heterocycles. The smallest absolute Gasteiger partial charge is 0.00218 e. The van der Waals surface area contributed by atoms with Gasteiger partial charge in [0.25, 0.3) is 0 Å². The number of nitrogens with zero attached hydrogens (tertiary/aromatic N) is 1. The first kappa shape index (κ1) is 15.3. The third kappa shape index (κ3) is 4.76. The fourth-order valence-corrected chi connectivity index (χ4v) is 3.60. The van der Waals surface area contributed by atoms with Crippen molar-refractivity contribution < 1.29 is 0 Å². The van der Waals surface area contributed by atoms with Gasteiger partial charge in [0, 0.05) is 13.1 Å². The molecule has 0 amide bonds. The molecule has 0 aromatic rings. The monoisotopic (exact) mass is 260 g/mol. The molecule has 2 fully saturated rings. The van der Waals surface area contributed by atoms with E-state index in [2.05, 4.69) is 11.8 Å². The molecule has 0 bridgehead atoms. The van der Waals surface area contributed by atoms with E-state index < -0.39 is 0 Å². The number of nitrogens with two attached hydrogens (primary N) is 1. The summed E-state index contributed by atoms with van der Waals surface area (Å²) in [5.41, 5.74) is 5.79. The summed E-state index contributed by atoms with van der Waals surface area (Å²) in [7, 11) is 0. The topological polar surface area (TPSA) is 29.3 Å². The maximum absolute atomic E-state index is 5.79. The first-order valence-electron chi connectivity index (χ1n) is 7.20. The Labute approximate surface area is 113 Å². The van der Waals surface area contributed by atoms with Crippen molar-refractivity contribution in [3.05, 3.63) is 0 Å². The highest BCUT2D eigenvalue weighted by Crippen LogP contribution is 2.30. The van der Waals surface area contributed by atoms with E-state index >= 15 is 0 Å². The molecule has 1 aliphatic carbocycles. The minimum atomic E-state index is 0. The molecule has 1 heterocycles. The zero-order chi connectivity index (χ0) is 11.4. The lowest BCUT2D eigenvalue weighted by atomic mass is 9.82. The van der Waals surface area contributed by atoms with Gasteiger partial charge in [0.1, 0.15) is 0 Å². The molecule has 1 saturated carbocycles. The van der Waals surface area contributed by atoms with Crippen LogP contribution in [0.1, 0.15) is 45.4 Å². The van der Waals surface area contributed by atoms with Gasteiger partial charge in [-0.1, -0.05) is 19.8 Å². The lowest BCUT2D eigenvalue weighted by Gasteiger charge is -2.36. The molecular weight excluding hydrogens is 232 g/mol. The zero-order valence-corrected chi connectivity index (χ0v) is 12.1. The Morgan fingerprint density at radius 3 is 2.59 bits per heavy atom. The summed E-state index contributed by atoms with van der Waals surface area (Å²) in [6, 6.07) is 0. The van der Waals surface area contributed by atoms with E-state index in [-0.39, 0.29) is 12.4 Å². The fourth-order valence-electron chi connectivity index (χ4n) is 3.60. The van der Waals surface area contributed by atoms with Gasteiger partial charge in [-0.15, -0.1) is 12.4 Å². The third-order valence-electron chi connectivity index (χ3n) is 4.50. The quantitative estimate of drug-likeness (QED) is 0.846. The predicted octanol–water partition coefficient (Wildman–Crippen LogP) is 2.91. The molecule has 1 aliphatic heterocycles. The van der Waals surface area contributed by atoms with Crippen LogP contribution >= 0.6 is 12.4 Å². The normalized spacial score (nSPS) is 35.3. The predicted molar refractivity (Wildman–Crippen MR) is 76.6 cm³/mol. The van der Waals surface area contributed by atoms with Crippen LogP contribution in [0.3, 0.4) is 0 Å². The number of halogens is 1. The zero-order valence-electron chi connectivity index (χ0n) is 11.2. The highest BCUT2D eigenvalue weighted by atomic mass is 35.5. The SMILES string of the molecule is CC1CCCC(CN2CCCC(CN)C2)C1.Cl. The Bertz CT molecular complexity index is 210. The first-order chi connectivity index (χ1) is 7.78. The Balaban J connectivity index is 0.00000144. The molecule has 0 aromatic heterocycles. The van der Waals surface area contributed by atoms with E-state index in [1.165, 1.54) is 58.2 Å². The minimum Gasteiger partial charge on any atom is -0.330 e. The molecule has 2 rings (SSSR count). The summed E-state index contributed by atoms with van der Waals surface area (Å²) in [6.45, 7) is 7.24. The van der Waals surface area contributed by atoms with E-state index in [9.17, 15) is 0 Å². The van der Waals surface area contributed by atoms with E-state index in [0.717, 1.165) is 24.3 Å². The second-order valence-corrected chi connectivity index (χ2v) is 6.14. The highest BCUT2D eigenvalue weighted by molar-refractivity contribution is 5.85. The van der Waals surface area contributed by atoms with Crippen LogP contribution in [0.2, 0.25) is 0 Å². The standard InChI is InChI=1S/C14H28N2.ClH/c1-12-4-2-5-13(8-12)10-16-7-3-6-14(9-15)11-16;/h12-14H,2-11,15H2,1H3;1H. The van der Waals surface area contributed by atoms with Crippen molar-refractivity contribution in [1.82, 2.24) is 4.90 Å². The van der Waals surface area contributed by atoms with Crippen molar-refractivity contribution >= 4 is 12.4 Å². The Hall–Kier alpha value is 0.210. The van der Waals surface area contributed by atoms with E-state index in [1.54, 1.807) is 0 Å². The van der Waals surface area contributed by atoms with Crippen molar-refractivity contribution in [3.8, 4) is 0 Å². The minimum absolute atomic E-state index is 0. The maximum atomic E-state index is 5.79. The van der Waals surface area contributed by atoms with Crippen LogP contribution in [0.25, 0.3) is 0 Å². The van der Waals surface area contributed by atoms with Crippen LogP contribution in [0.4, 0.5) is 0 Å². The van der Waals surface area contributed by atoms with Crippen LogP contribution in [-0.2, 0) is 0 Å². The average molecular weight is 261 g/mol. The molecule has 2 nitrogen and oxygen atoms in total. The van der Waals surface area contributed by atoms with Crippen molar-refractivity contribution in [2.24, 2.45) is 23.5 Å². The molecule has 17 heavy (non-hydrogen) atoms. The summed E-state index contributed by atoms with van der Waals surface area (Å²) in [5, 5.41) is 0. The van der Waals surface area contributed by atoms with E-state index in [0.29, 0.717) is 0 Å². The second-order valence-electron chi connectivity index (χ2n) is 6.14. The molecule has 0 spiro atoms. The van der Waals surface area contributed by atoms with Crippen LogP contribution < -0.4 is 5.73 Å². The largest absolute Gasteiger partial charge is 0.330 e. The summed E-state index contributed by atoms with van der Waals surface area (Å²) in [5.74, 6) is 2.71. The summed E-state index contributed by atoms with van der Waals surface area (Å²) < 4.78 is 0. The van der Waals surface area contributed by atoms with Gasteiger partial charge in [-0.25, -0.2) is 0 Å². The Morgan fingerprint density at radius 2 is 1.88 bits per heavy atom. The molecule has 2 aliphatic rings. The second kappa shape index (κ2) is 7.60. The van der Waals surface area contributed by atoms with E-state index in [1.807, 2.05) is 0 Å². The van der Waals surface area contributed by atoms with E-state index in [4.69, 9.17) is 5.73 Å². The summed E-state index contributed by atoms with van der Waals surface area (Å²) >= 11 is 0. The Kier molecular flexibility index (Phi) is 6.83. The van der Waals surface area contributed by atoms with Gasteiger partial charge in [-0.2, -0.15) is 0 Å². The summed E-state index contributed by atoms with van der Waals surface area (Å²) in [6.07, 6.45) is 8.57. The van der Waals surface area contributed by atoms with Crippen molar-refractivity contribution in [2.75, 3.05) is 26.2 Å². The maximum Gasteiger partial charge on any atom is 0.00218 e. The Morgan fingerprint density at radius 1 is 1.12 bits per heavy atom. The van der Waals surface area contributed by atoms with Gasteiger partial charge < -0.3 is 10.6 Å². The molecule has 3 unspecified atom stereocenters. The number of rotatable bonds is 3. The molecule has 0 aromatic carbocycles. The van der Waals surface area contributed by atoms with Crippen molar-refractivity contribution in [3.63, 3.8) is 0 Å². The lowest BCUT2D eigenvalue weighted by Crippen LogP contribution is -2.41. The van der Waals surface area contributed by atoms with Crippen molar-refractivity contribution in [1.29, 1.82) is 0 Å². The molecule has 2 N–H and O–H groups in total. The third-order valence-corrected chi connectivity index (χ3v) is 4.50. The number of piperidine rings is 1. The van der Waals surface area contributed by atoms with Gasteiger partial charge in [-0.3, -0.25) is 0 Å². The van der Waals surface area contributed by atoms with Crippen LogP contribution in [-0.4, -0.2) is 31.1 Å².